The lowest BCUT2D eigenvalue weighted by atomic mass is 10.2. The molecule has 0 bridgehead atoms. The van der Waals surface area contributed by atoms with Crippen molar-refractivity contribution in [2.24, 2.45) is 0 Å². The van der Waals surface area contributed by atoms with E-state index in [0.717, 1.165) is 31.6 Å². The van der Waals surface area contributed by atoms with E-state index in [0.29, 0.717) is 18.6 Å². The fraction of sp³-hybridized carbons (Fsp3) is 0.769. The van der Waals surface area contributed by atoms with Crippen molar-refractivity contribution in [1.82, 2.24) is 25.0 Å². The Labute approximate surface area is 114 Å². The number of urea groups is 1. The summed E-state index contributed by atoms with van der Waals surface area (Å²) in [6.07, 6.45) is 4.91. The van der Waals surface area contributed by atoms with E-state index in [9.17, 15) is 4.79 Å². The highest BCUT2D eigenvalue weighted by atomic mass is 16.2. The summed E-state index contributed by atoms with van der Waals surface area (Å²) in [4.78, 5) is 14.3. The molecule has 1 aromatic rings. The smallest absolute Gasteiger partial charge is 0.318 e. The normalized spacial score (nSPS) is 22.8. The quantitative estimate of drug-likeness (QED) is 0.902. The van der Waals surface area contributed by atoms with Crippen LogP contribution in [-0.4, -0.2) is 37.8 Å². The van der Waals surface area contributed by atoms with Crippen LogP contribution in [0.3, 0.4) is 0 Å². The van der Waals surface area contributed by atoms with Crippen LogP contribution in [0.1, 0.15) is 45.9 Å². The summed E-state index contributed by atoms with van der Waals surface area (Å²) in [6, 6.07) is 0.718. The summed E-state index contributed by atoms with van der Waals surface area (Å²) >= 11 is 0. The van der Waals surface area contributed by atoms with Crippen molar-refractivity contribution in [2.75, 3.05) is 0 Å². The number of aromatic nitrogens is 3. The van der Waals surface area contributed by atoms with Crippen LogP contribution in [0, 0.1) is 0 Å². The predicted octanol–water partition coefficient (Wildman–Crippen LogP) is 1.77. The van der Waals surface area contributed by atoms with Crippen LogP contribution in [0.2, 0.25) is 0 Å². The first kappa shape index (κ1) is 13.8. The minimum Gasteiger partial charge on any atom is -0.331 e. The molecule has 1 aromatic heterocycles. The molecule has 1 aliphatic rings. The van der Waals surface area contributed by atoms with Crippen LogP contribution in [0.4, 0.5) is 4.79 Å². The van der Waals surface area contributed by atoms with Gasteiger partial charge in [-0.2, -0.15) is 0 Å². The maximum Gasteiger partial charge on any atom is 0.318 e. The van der Waals surface area contributed by atoms with Gasteiger partial charge >= 0.3 is 6.03 Å². The summed E-state index contributed by atoms with van der Waals surface area (Å²) in [5, 5.41) is 10.8. The molecule has 2 rings (SSSR count). The highest BCUT2D eigenvalue weighted by Crippen LogP contribution is 2.25. The molecule has 106 valence electrons. The maximum absolute atomic E-state index is 12.3. The Morgan fingerprint density at radius 2 is 2.26 bits per heavy atom. The molecule has 0 spiro atoms. The summed E-state index contributed by atoms with van der Waals surface area (Å²) < 4.78 is 1.94. The molecule has 6 nitrogen and oxygen atoms in total. The number of nitrogens with zero attached hydrogens (tertiary/aromatic N) is 4. The van der Waals surface area contributed by atoms with E-state index < -0.39 is 0 Å². The van der Waals surface area contributed by atoms with E-state index in [1.807, 2.05) is 16.4 Å². The van der Waals surface area contributed by atoms with Crippen molar-refractivity contribution in [1.29, 1.82) is 0 Å². The van der Waals surface area contributed by atoms with Crippen LogP contribution in [0.25, 0.3) is 0 Å². The molecular weight excluding hydrogens is 242 g/mol. The van der Waals surface area contributed by atoms with Crippen molar-refractivity contribution >= 4 is 6.03 Å². The highest BCUT2D eigenvalue weighted by molar-refractivity contribution is 5.75. The van der Waals surface area contributed by atoms with Crippen molar-refractivity contribution < 1.29 is 4.79 Å². The summed E-state index contributed by atoms with van der Waals surface area (Å²) in [6.45, 7) is 7.53. The fourth-order valence-corrected chi connectivity index (χ4v) is 2.76. The Hall–Kier alpha value is -1.59. The second-order valence-corrected chi connectivity index (χ2v) is 5.09. The van der Waals surface area contributed by atoms with Crippen molar-refractivity contribution in [2.45, 2.75) is 65.2 Å². The van der Waals surface area contributed by atoms with Gasteiger partial charge in [-0.15, -0.1) is 10.2 Å². The van der Waals surface area contributed by atoms with Gasteiger partial charge < -0.3 is 14.8 Å². The second-order valence-electron chi connectivity index (χ2n) is 5.09. The number of aryl methyl sites for hydroxylation is 1. The topological polar surface area (TPSA) is 63.1 Å². The maximum atomic E-state index is 12.3. The molecule has 0 aromatic carbocycles. The van der Waals surface area contributed by atoms with Gasteiger partial charge in [0.15, 0.2) is 5.82 Å². The van der Waals surface area contributed by atoms with Crippen LogP contribution in [0.5, 0.6) is 0 Å². The van der Waals surface area contributed by atoms with E-state index in [1.165, 1.54) is 0 Å². The Morgan fingerprint density at radius 1 is 1.47 bits per heavy atom. The summed E-state index contributed by atoms with van der Waals surface area (Å²) in [5.41, 5.74) is 0. The zero-order chi connectivity index (χ0) is 13.8. The van der Waals surface area contributed by atoms with Gasteiger partial charge in [-0.25, -0.2) is 4.79 Å². The van der Waals surface area contributed by atoms with E-state index in [1.54, 1.807) is 6.33 Å². The molecule has 0 unspecified atom stereocenters. The summed E-state index contributed by atoms with van der Waals surface area (Å²) in [5.74, 6) is 0.802. The zero-order valence-corrected chi connectivity index (χ0v) is 12.0. The number of hydrogen-bond acceptors (Lipinski definition) is 3. The van der Waals surface area contributed by atoms with Gasteiger partial charge in [-0.05, 0) is 33.1 Å². The molecule has 6 heteroatoms. The standard InChI is InChI=1S/C13H23N5O/c1-4-11-7-6-10(3)18(11)13(19)14-8-12-16-15-9-17(12)5-2/h9-11H,4-8H2,1-3H3,(H,14,19)/t10-,11+/m0/s1. The van der Waals surface area contributed by atoms with Crippen molar-refractivity contribution in [3.8, 4) is 0 Å². The first-order chi connectivity index (χ1) is 9.17. The Kier molecular flexibility index (Phi) is 4.39. The van der Waals surface area contributed by atoms with E-state index in [-0.39, 0.29) is 6.03 Å². The lowest BCUT2D eigenvalue weighted by Crippen LogP contribution is -2.45. The number of hydrogen-bond donors (Lipinski definition) is 1. The number of likely N-dealkylation sites (tertiary alicyclic amines) is 1. The molecule has 0 radical (unpaired) electrons. The molecular formula is C13H23N5O. The van der Waals surface area contributed by atoms with Crippen LogP contribution < -0.4 is 5.32 Å². The molecule has 1 fully saturated rings. The molecule has 0 aliphatic carbocycles. The third-order valence-electron chi connectivity index (χ3n) is 3.93. The number of nitrogens with one attached hydrogen (secondary N) is 1. The summed E-state index contributed by atoms with van der Waals surface area (Å²) in [7, 11) is 0. The second kappa shape index (κ2) is 6.04. The number of amides is 2. The van der Waals surface area contributed by atoms with Gasteiger partial charge in [0, 0.05) is 18.6 Å². The van der Waals surface area contributed by atoms with E-state index in [2.05, 4.69) is 29.4 Å². The SMILES string of the molecule is CC[C@@H]1CC[C@H](C)N1C(=O)NCc1nncn1CC. The molecule has 1 N–H and O–H groups in total. The largest absolute Gasteiger partial charge is 0.331 e. The minimum atomic E-state index is 0.0162. The average Bonchev–Trinajstić information content (AvgIpc) is 3.01. The monoisotopic (exact) mass is 265 g/mol. The lowest BCUT2D eigenvalue weighted by Gasteiger charge is -2.28. The average molecular weight is 265 g/mol. The number of carbonyl (C=O) groups excluding carboxylic acids is 1. The van der Waals surface area contributed by atoms with Crippen molar-refractivity contribution in [3.05, 3.63) is 12.2 Å². The Bertz CT molecular complexity index is 430. The molecule has 2 heterocycles. The van der Waals surface area contributed by atoms with Gasteiger partial charge in [-0.1, -0.05) is 6.92 Å². The Morgan fingerprint density at radius 3 is 2.95 bits per heavy atom. The van der Waals surface area contributed by atoms with Gasteiger partial charge in [0.1, 0.15) is 6.33 Å². The zero-order valence-electron chi connectivity index (χ0n) is 12.0. The van der Waals surface area contributed by atoms with E-state index >= 15 is 0 Å². The van der Waals surface area contributed by atoms with Gasteiger partial charge in [0.2, 0.25) is 0 Å². The first-order valence-electron chi connectivity index (χ1n) is 7.10. The van der Waals surface area contributed by atoms with Crippen LogP contribution in [-0.2, 0) is 13.1 Å². The molecule has 2 amide bonds. The predicted molar refractivity (Wildman–Crippen MR) is 72.5 cm³/mol. The third-order valence-corrected chi connectivity index (χ3v) is 3.93. The minimum absolute atomic E-state index is 0.0162. The van der Waals surface area contributed by atoms with Crippen LogP contribution in [0.15, 0.2) is 6.33 Å². The molecule has 1 aliphatic heterocycles. The fourth-order valence-electron chi connectivity index (χ4n) is 2.76. The lowest BCUT2D eigenvalue weighted by molar-refractivity contribution is 0.174. The molecule has 0 saturated carbocycles. The molecule has 1 saturated heterocycles. The van der Waals surface area contributed by atoms with Gasteiger partial charge in [-0.3, -0.25) is 0 Å². The number of rotatable bonds is 4. The van der Waals surface area contributed by atoms with Gasteiger partial charge in [0.25, 0.3) is 0 Å². The molecule has 19 heavy (non-hydrogen) atoms. The molecule has 2 atom stereocenters. The van der Waals surface area contributed by atoms with Crippen LogP contribution >= 0.6 is 0 Å². The highest BCUT2D eigenvalue weighted by Gasteiger charge is 2.32. The van der Waals surface area contributed by atoms with Crippen molar-refractivity contribution in [3.63, 3.8) is 0 Å². The Balaban J connectivity index is 1.94. The number of carbonyl (C=O) groups is 1. The third kappa shape index (κ3) is 2.88. The first-order valence-corrected chi connectivity index (χ1v) is 7.10. The van der Waals surface area contributed by atoms with E-state index in [4.69, 9.17) is 0 Å². The van der Waals surface area contributed by atoms with Gasteiger partial charge in [0.05, 0.1) is 6.54 Å².